The standard InChI is InChI=1S/C22H22FN5O3S2/c1-26-14-17(33(30,31)27-9-3-2-4-10-27)13-18(26)21(29)25-20-19(15-5-7-16(23)8-6-15)24-22-28(20)11-12-32-22/h5-8,11-14H,2-4,9-10H2,1H3,(H,25,29). The fraction of sp³-hybridized carbons (Fsp3) is 0.273. The summed E-state index contributed by atoms with van der Waals surface area (Å²) in [5, 5.41) is 4.72. The first-order chi connectivity index (χ1) is 15.8. The predicted octanol–water partition coefficient (Wildman–Crippen LogP) is 3.97. The number of hydrogen-bond donors (Lipinski definition) is 1. The molecule has 1 N–H and O–H groups in total. The number of amides is 1. The number of carbonyl (C=O) groups excluding carboxylic acids is 1. The summed E-state index contributed by atoms with van der Waals surface area (Å²) in [5.41, 5.74) is 1.37. The Labute approximate surface area is 194 Å². The van der Waals surface area contributed by atoms with E-state index in [1.54, 1.807) is 29.8 Å². The summed E-state index contributed by atoms with van der Waals surface area (Å²) >= 11 is 1.41. The first-order valence-corrected chi connectivity index (χ1v) is 12.9. The Kier molecular flexibility index (Phi) is 5.55. The van der Waals surface area contributed by atoms with Gasteiger partial charge in [0.2, 0.25) is 10.0 Å². The van der Waals surface area contributed by atoms with Gasteiger partial charge in [-0.3, -0.25) is 9.20 Å². The average molecular weight is 488 g/mol. The molecular formula is C22H22FN5O3S2. The molecule has 1 aromatic carbocycles. The van der Waals surface area contributed by atoms with E-state index in [0.29, 0.717) is 35.1 Å². The molecule has 0 atom stereocenters. The van der Waals surface area contributed by atoms with E-state index in [0.717, 1.165) is 19.3 Å². The number of thiazole rings is 1. The van der Waals surface area contributed by atoms with Gasteiger partial charge in [0.15, 0.2) is 4.96 Å². The summed E-state index contributed by atoms with van der Waals surface area (Å²) in [7, 11) is -2.02. The molecule has 0 aliphatic carbocycles. The minimum atomic E-state index is -3.66. The Bertz CT molecular complexity index is 1430. The van der Waals surface area contributed by atoms with Crippen molar-refractivity contribution in [2.45, 2.75) is 24.2 Å². The molecule has 11 heteroatoms. The van der Waals surface area contributed by atoms with Crippen molar-refractivity contribution in [3.8, 4) is 11.3 Å². The lowest BCUT2D eigenvalue weighted by molar-refractivity contribution is 0.101. The highest BCUT2D eigenvalue weighted by molar-refractivity contribution is 7.89. The first-order valence-electron chi connectivity index (χ1n) is 10.5. The molecule has 4 heterocycles. The van der Waals surface area contributed by atoms with Gasteiger partial charge in [0.25, 0.3) is 5.91 Å². The van der Waals surface area contributed by atoms with Crippen LogP contribution in [0.5, 0.6) is 0 Å². The predicted molar refractivity (Wildman–Crippen MR) is 124 cm³/mol. The number of rotatable bonds is 5. The van der Waals surface area contributed by atoms with Gasteiger partial charge >= 0.3 is 0 Å². The number of halogens is 1. The Balaban J connectivity index is 1.48. The van der Waals surface area contributed by atoms with Gasteiger partial charge in [-0.1, -0.05) is 6.42 Å². The average Bonchev–Trinajstić information content (AvgIpc) is 3.51. The van der Waals surface area contributed by atoms with Crippen molar-refractivity contribution in [2.75, 3.05) is 18.4 Å². The fourth-order valence-corrected chi connectivity index (χ4v) is 6.34. The maximum atomic E-state index is 13.4. The second kappa shape index (κ2) is 8.40. The molecule has 0 radical (unpaired) electrons. The van der Waals surface area contributed by atoms with E-state index in [4.69, 9.17) is 0 Å². The van der Waals surface area contributed by atoms with E-state index < -0.39 is 15.9 Å². The summed E-state index contributed by atoms with van der Waals surface area (Å²) < 4.78 is 44.2. The Morgan fingerprint density at radius 3 is 2.61 bits per heavy atom. The van der Waals surface area contributed by atoms with Crippen molar-refractivity contribution >= 4 is 38.0 Å². The number of fused-ring (bicyclic) bond motifs is 1. The van der Waals surface area contributed by atoms with Crippen LogP contribution in [0.2, 0.25) is 0 Å². The molecule has 1 fully saturated rings. The van der Waals surface area contributed by atoms with Crippen LogP contribution >= 0.6 is 11.3 Å². The molecular weight excluding hydrogens is 465 g/mol. The topological polar surface area (TPSA) is 88.7 Å². The van der Waals surface area contributed by atoms with E-state index in [9.17, 15) is 17.6 Å². The molecule has 3 aromatic heterocycles. The molecule has 1 amide bonds. The lowest BCUT2D eigenvalue weighted by Gasteiger charge is -2.25. The van der Waals surface area contributed by atoms with Crippen LogP contribution in [0.4, 0.5) is 10.2 Å². The molecule has 1 aliphatic heterocycles. The zero-order valence-corrected chi connectivity index (χ0v) is 19.5. The van der Waals surface area contributed by atoms with Gasteiger partial charge < -0.3 is 9.88 Å². The van der Waals surface area contributed by atoms with Crippen LogP contribution in [0.1, 0.15) is 29.8 Å². The Hall–Kier alpha value is -3.02. The van der Waals surface area contributed by atoms with E-state index in [-0.39, 0.29) is 16.4 Å². The molecule has 0 unspecified atom stereocenters. The van der Waals surface area contributed by atoms with Crippen LogP contribution in [0, 0.1) is 5.82 Å². The van der Waals surface area contributed by atoms with Crippen molar-refractivity contribution in [3.05, 3.63) is 59.6 Å². The minimum Gasteiger partial charge on any atom is -0.345 e. The lowest BCUT2D eigenvalue weighted by Crippen LogP contribution is -2.35. The van der Waals surface area contributed by atoms with E-state index in [2.05, 4.69) is 10.3 Å². The zero-order chi connectivity index (χ0) is 23.2. The molecule has 0 saturated carbocycles. The van der Waals surface area contributed by atoms with E-state index in [1.165, 1.54) is 44.6 Å². The van der Waals surface area contributed by atoms with Gasteiger partial charge in [-0.25, -0.2) is 17.8 Å². The third-order valence-electron chi connectivity index (χ3n) is 5.78. The number of carbonyl (C=O) groups is 1. The van der Waals surface area contributed by atoms with E-state index in [1.807, 2.05) is 5.38 Å². The molecule has 0 spiro atoms. The van der Waals surface area contributed by atoms with Crippen LogP contribution in [0.15, 0.2) is 53.0 Å². The highest BCUT2D eigenvalue weighted by atomic mass is 32.2. The van der Waals surface area contributed by atoms with Crippen molar-refractivity contribution in [1.29, 1.82) is 0 Å². The molecule has 5 rings (SSSR count). The van der Waals surface area contributed by atoms with Crippen LogP contribution in [-0.2, 0) is 17.1 Å². The fourth-order valence-electron chi connectivity index (χ4n) is 4.04. The quantitative estimate of drug-likeness (QED) is 0.461. The largest absolute Gasteiger partial charge is 0.345 e. The van der Waals surface area contributed by atoms with Crippen LogP contribution in [0.3, 0.4) is 0 Å². The normalized spacial score (nSPS) is 15.2. The summed E-state index contributed by atoms with van der Waals surface area (Å²) in [6, 6.07) is 7.28. The van der Waals surface area contributed by atoms with Gasteiger partial charge in [-0.2, -0.15) is 4.31 Å². The minimum absolute atomic E-state index is 0.102. The first kappa shape index (κ1) is 21.8. The number of benzene rings is 1. The van der Waals surface area contributed by atoms with Crippen LogP contribution in [-0.4, -0.2) is 45.7 Å². The van der Waals surface area contributed by atoms with Gasteiger partial charge in [0.05, 0.1) is 0 Å². The van der Waals surface area contributed by atoms with Gasteiger partial charge in [-0.15, -0.1) is 11.3 Å². The third kappa shape index (κ3) is 3.96. The maximum absolute atomic E-state index is 13.4. The van der Waals surface area contributed by atoms with Crippen LogP contribution in [0.25, 0.3) is 16.2 Å². The van der Waals surface area contributed by atoms with Crippen LogP contribution < -0.4 is 5.32 Å². The SMILES string of the molecule is Cn1cc(S(=O)(=O)N2CCCCC2)cc1C(=O)Nc1c(-c2ccc(F)cc2)nc2sccn12. The highest BCUT2D eigenvalue weighted by Gasteiger charge is 2.29. The summed E-state index contributed by atoms with van der Waals surface area (Å²) in [5.74, 6) is -0.393. The number of nitrogens with one attached hydrogen (secondary N) is 1. The smallest absolute Gasteiger partial charge is 0.273 e. The molecule has 8 nitrogen and oxygen atoms in total. The Morgan fingerprint density at radius 1 is 1.15 bits per heavy atom. The van der Waals surface area contributed by atoms with Crippen molar-refractivity contribution in [2.24, 2.45) is 7.05 Å². The van der Waals surface area contributed by atoms with E-state index >= 15 is 0 Å². The second-order valence-corrected chi connectivity index (χ2v) is 10.8. The number of piperidine rings is 1. The summed E-state index contributed by atoms with van der Waals surface area (Å²) in [6.07, 6.45) is 5.95. The monoisotopic (exact) mass is 487 g/mol. The molecule has 4 aromatic rings. The lowest BCUT2D eigenvalue weighted by atomic mass is 10.1. The molecule has 1 saturated heterocycles. The third-order valence-corrected chi connectivity index (χ3v) is 8.40. The number of hydrogen-bond acceptors (Lipinski definition) is 5. The number of anilines is 1. The van der Waals surface area contributed by atoms with Gasteiger partial charge in [-0.05, 0) is 43.2 Å². The maximum Gasteiger partial charge on any atom is 0.273 e. The molecule has 172 valence electrons. The highest BCUT2D eigenvalue weighted by Crippen LogP contribution is 2.31. The Morgan fingerprint density at radius 2 is 1.88 bits per heavy atom. The molecule has 33 heavy (non-hydrogen) atoms. The number of aromatic nitrogens is 3. The van der Waals surface area contributed by atoms with Gasteiger partial charge in [0, 0.05) is 43.5 Å². The zero-order valence-electron chi connectivity index (χ0n) is 17.9. The van der Waals surface area contributed by atoms with Crippen molar-refractivity contribution in [1.82, 2.24) is 18.3 Å². The number of nitrogens with zero attached hydrogens (tertiary/aromatic N) is 4. The number of aryl methyl sites for hydroxylation is 1. The van der Waals surface area contributed by atoms with Crippen molar-refractivity contribution in [3.63, 3.8) is 0 Å². The molecule has 0 bridgehead atoms. The summed E-state index contributed by atoms with van der Waals surface area (Å²) in [6.45, 7) is 0.984. The van der Waals surface area contributed by atoms with Crippen molar-refractivity contribution < 1.29 is 17.6 Å². The number of imidazole rings is 1. The number of sulfonamides is 1. The van der Waals surface area contributed by atoms with Gasteiger partial charge in [0.1, 0.15) is 27.9 Å². The second-order valence-electron chi connectivity index (χ2n) is 7.96. The summed E-state index contributed by atoms with van der Waals surface area (Å²) in [4.78, 5) is 18.6. The molecule has 1 aliphatic rings.